The first-order valence-electron chi connectivity index (χ1n) is 9.05. The molecule has 1 aliphatic rings. The lowest BCUT2D eigenvalue weighted by Gasteiger charge is -2.19. The van der Waals surface area contributed by atoms with E-state index in [9.17, 15) is 4.79 Å². The summed E-state index contributed by atoms with van der Waals surface area (Å²) in [6.07, 6.45) is 2.73. The second kappa shape index (κ2) is 8.12. The van der Waals surface area contributed by atoms with Crippen LogP contribution in [0.2, 0.25) is 0 Å². The molecule has 1 N–H and O–H groups in total. The van der Waals surface area contributed by atoms with Crippen LogP contribution < -0.4 is 10.2 Å². The Morgan fingerprint density at radius 3 is 2.84 bits per heavy atom. The van der Waals surface area contributed by atoms with Gasteiger partial charge in [0.2, 0.25) is 0 Å². The van der Waals surface area contributed by atoms with E-state index in [1.165, 1.54) is 11.3 Å². The Morgan fingerprint density at radius 2 is 2.04 bits per heavy atom. The second-order valence-electron chi connectivity index (χ2n) is 6.22. The summed E-state index contributed by atoms with van der Waals surface area (Å²) in [7, 11) is 0. The number of aromatic nitrogens is 1. The summed E-state index contributed by atoms with van der Waals surface area (Å²) in [6.45, 7) is 8.70. The summed E-state index contributed by atoms with van der Waals surface area (Å²) in [4.78, 5) is 21.4. The molecular weight excluding hydrogens is 312 g/mol. The average Bonchev–Trinajstić information content (AvgIpc) is 3.09. The molecule has 3 rings (SSSR count). The van der Waals surface area contributed by atoms with Gasteiger partial charge in [0.05, 0.1) is 0 Å². The normalized spacial score (nSPS) is 13.2. The molecule has 1 amide bonds. The van der Waals surface area contributed by atoms with Gasteiger partial charge in [0, 0.05) is 37.1 Å². The Kier molecular flexibility index (Phi) is 5.66. The molecule has 0 bridgehead atoms. The van der Waals surface area contributed by atoms with Gasteiger partial charge in [-0.25, -0.2) is 4.98 Å². The van der Waals surface area contributed by atoms with E-state index in [0.717, 1.165) is 38.4 Å². The first kappa shape index (κ1) is 17.4. The van der Waals surface area contributed by atoms with Gasteiger partial charge in [-0.1, -0.05) is 32.0 Å². The van der Waals surface area contributed by atoms with Crippen molar-refractivity contribution in [1.82, 2.24) is 15.2 Å². The third-order valence-corrected chi connectivity index (χ3v) is 4.78. The van der Waals surface area contributed by atoms with Crippen LogP contribution >= 0.6 is 0 Å². The quantitative estimate of drug-likeness (QED) is 0.843. The molecule has 0 unspecified atom stereocenters. The van der Waals surface area contributed by atoms with Gasteiger partial charge in [0.15, 0.2) is 0 Å². The summed E-state index contributed by atoms with van der Waals surface area (Å²) in [5.41, 5.74) is 3.18. The first-order valence-corrected chi connectivity index (χ1v) is 9.05. The molecule has 0 radical (unpaired) electrons. The van der Waals surface area contributed by atoms with Crippen molar-refractivity contribution in [3.63, 3.8) is 0 Å². The van der Waals surface area contributed by atoms with Crippen molar-refractivity contribution in [1.29, 1.82) is 0 Å². The minimum atomic E-state index is -0.0386. The monoisotopic (exact) mass is 338 g/mol. The highest BCUT2D eigenvalue weighted by Gasteiger charge is 2.21. The van der Waals surface area contributed by atoms with E-state index in [0.29, 0.717) is 12.1 Å². The lowest BCUT2D eigenvalue weighted by Crippen LogP contribution is -2.34. The molecule has 0 fully saturated rings. The van der Waals surface area contributed by atoms with Gasteiger partial charge in [-0.2, -0.15) is 0 Å². The minimum Gasteiger partial charge on any atom is -0.351 e. The van der Waals surface area contributed by atoms with Crippen LogP contribution in [0.15, 0.2) is 42.6 Å². The van der Waals surface area contributed by atoms with Crippen LogP contribution in [0.4, 0.5) is 11.5 Å². The Bertz CT molecular complexity index is 727. The van der Waals surface area contributed by atoms with Crippen molar-refractivity contribution in [2.24, 2.45) is 0 Å². The zero-order valence-electron chi connectivity index (χ0n) is 15.0. The topological polar surface area (TPSA) is 48.5 Å². The third-order valence-electron chi connectivity index (χ3n) is 4.78. The Morgan fingerprint density at radius 1 is 1.24 bits per heavy atom. The highest BCUT2D eigenvalue weighted by molar-refractivity contribution is 5.95. The number of anilines is 2. The lowest BCUT2D eigenvalue weighted by molar-refractivity contribution is 0.0949. The number of carbonyl (C=O) groups is 1. The van der Waals surface area contributed by atoms with E-state index < -0.39 is 0 Å². The summed E-state index contributed by atoms with van der Waals surface area (Å²) in [5.74, 6) is 0.796. The maximum absolute atomic E-state index is 12.4. The summed E-state index contributed by atoms with van der Waals surface area (Å²) >= 11 is 0. The maximum Gasteiger partial charge on any atom is 0.251 e. The summed E-state index contributed by atoms with van der Waals surface area (Å²) in [5, 5.41) is 3.01. The van der Waals surface area contributed by atoms with Gasteiger partial charge in [0.1, 0.15) is 5.82 Å². The zero-order chi connectivity index (χ0) is 17.6. The average molecular weight is 338 g/mol. The van der Waals surface area contributed by atoms with Gasteiger partial charge in [-0.15, -0.1) is 0 Å². The summed E-state index contributed by atoms with van der Waals surface area (Å²) in [6, 6.07) is 12.0. The molecule has 5 heteroatoms. The molecule has 0 spiro atoms. The van der Waals surface area contributed by atoms with E-state index in [1.54, 1.807) is 12.3 Å². The van der Waals surface area contributed by atoms with Gasteiger partial charge in [-0.05, 0) is 43.3 Å². The predicted molar refractivity (Wildman–Crippen MR) is 102 cm³/mol. The number of benzene rings is 1. The molecule has 132 valence electrons. The Labute approximate surface area is 149 Å². The van der Waals surface area contributed by atoms with Crippen LogP contribution in [0.25, 0.3) is 0 Å². The molecule has 2 heterocycles. The molecule has 2 aromatic rings. The maximum atomic E-state index is 12.4. The third kappa shape index (κ3) is 3.99. The molecule has 25 heavy (non-hydrogen) atoms. The number of pyridine rings is 1. The highest BCUT2D eigenvalue weighted by atomic mass is 16.1. The first-order chi connectivity index (χ1) is 12.2. The van der Waals surface area contributed by atoms with Gasteiger partial charge in [0.25, 0.3) is 5.91 Å². The fraction of sp³-hybridized carbons (Fsp3) is 0.400. The van der Waals surface area contributed by atoms with Gasteiger partial charge in [-0.3, -0.25) is 4.79 Å². The molecule has 0 saturated carbocycles. The molecule has 0 aliphatic carbocycles. The predicted octanol–water partition coefficient (Wildman–Crippen LogP) is 2.85. The molecule has 1 aliphatic heterocycles. The Balaban J connectivity index is 1.67. The number of likely N-dealkylation sites (N-methyl/N-ethyl adjacent to an activating group) is 1. The number of hydrogen-bond donors (Lipinski definition) is 1. The van der Waals surface area contributed by atoms with Crippen LogP contribution in [0.1, 0.15) is 29.8 Å². The van der Waals surface area contributed by atoms with Crippen molar-refractivity contribution < 1.29 is 4.79 Å². The molecule has 0 saturated heterocycles. The second-order valence-corrected chi connectivity index (χ2v) is 6.22. The molecule has 1 aromatic carbocycles. The van der Waals surface area contributed by atoms with E-state index in [-0.39, 0.29) is 5.91 Å². The lowest BCUT2D eigenvalue weighted by atomic mass is 10.2. The van der Waals surface area contributed by atoms with Crippen molar-refractivity contribution >= 4 is 17.4 Å². The number of fused-ring (bicyclic) bond motifs is 1. The number of amides is 1. The standard InChI is InChI=1S/C20H26N4O/c1-3-23(4-2)14-12-22-20(25)17-9-11-21-19(15-17)24-13-10-16-7-5-6-8-18(16)24/h5-9,11,15H,3-4,10,12-14H2,1-2H3,(H,22,25). The number of nitrogens with one attached hydrogen (secondary N) is 1. The van der Waals surface area contributed by atoms with Crippen LogP contribution in [-0.2, 0) is 6.42 Å². The Hall–Kier alpha value is -2.40. The summed E-state index contributed by atoms with van der Waals surface area (Å²) < 4.78 is 0. The van der Waals surface area contributed by atoms with Gasteiger partial charge >= 0.3 is 0 Å². The van der Waals surface area contributed by atoms with Crippen LogP contribution in [0, 0.1) is 0 Å². The van der Waals surface area contributed by atoms with Crippen molar-refractivity contribution in [3.05, 3.63) is 53.7 Å². The highest BCUT2D eigenvalue weighted by Crippen LogP contribution is 2.33. The SMILES string of the molecule is CCN(CC)CCNC(=O)c1ccnc(N2CCc3ccccc32)c1. The number of hydrogen-bond acceptors (Lipinski definition) is 4. The van der Waals surface area contributed by atoms with E-state index >= 15 is 0 Å². The molecular formula is C20H26N4O. The molecule has 1 aromatic heterocycles. The van der Waals surface area contributed by atoms with Crippen molar-refractivity contribution in [2.45, 2.75) is 20.3 Å². The van der Waals surface area contributed by atoms with Crippen LogP contribution in [0.3, 0.4) is 0 Å². The van der Waals surface area contributed by atoms with Gasteiger partial charge < -0.3 is 15.1 Å². The fourth-order valence-electron chi connectivity index (χ4n) is 3.25. The van der Waals surface area contributed by atoms with Crippen molar-refractivity contribution in [3.8, 4) is 0 Å². The molecule has 5 nitrogen and oxygen atoms in total. The van der Waals surface area contributed by atoms with Crippen LogP contribution in [-0.4, -0.2) is 48.5 Å². The van der Waals surface area contributed by atoms with Crippen molar-refractivity contribution in [2.75, 3.05) is 37.6 Å². The van der Waals surface area contributed by atoms with E-state index in [4.69, 9.17) is 0 Å². The molecule has 0 atom stereocenters. The van der Waals surface area contributed by atoms with E-state index in [2.05, 4.69) is 52.1 Å². The van der Waals surface area contributed by atoms with Crippen LogP contribution in [0.5, 0.6) is 0 Å². The number of nitrogens with zero attached hydrogens (tertiary/aromatic N) is 3. The number of carbonyl (C=O) groups excluding carboxylic acids is 1. The number of para-hydroxylation sites is 1. The van der Waals surface area contributed by atoms with E-state index in [1.807, 2.05) is 12.1 Å². The zero-order valence-corrected chi connectivity index (χ0v) is 15.0. The number of rotatable bonds is 7. The minimum absolute atomic E-state index is 0.0386. The fourth-order valence-corrected chi connectivity index (χ4v) is 3.25. The largest absolute Gasteiger partial charge is 0.351 e. The smallest absolute Gasteiger partial charge is 0.251 e.